The van der Waals surface area contributed by atoms with Gasteiger partial charge in [-0.1, -0.05) is 54.6 Å². The molecule has 0 bridgehead atoms. The largest absolute Gasteiger partial charge is 0.214 e. The fraction of sp³-hybridized carbons (Fsp3) is 0. The zero-order chi connectivity index (χ0) is 21.7. The number of nitrogens with zero attached hydrogens (tertiary/aromatic N) is 3. The van der Waals surface area contributed by atoms with Crippen molar-refractivity contribution in [3.63, 3.8) is 0 Å². The van der Waals surface area contributed by atoms with Crippen molar-refractivity contribution >= 4 is 32.9 Å². The average molecular weight is 440 g/mol. The van der Waals surface area contributed by atoms with E-state index in [0.29, 0.717) is 16.6 Å². The van der Waals surface area contributed by atoms with Gasteiger partial charge in [0.25, 0.3) is 0 Å². The molecule has 0 fully saturated rings. The Morgan fingerprint density at radius 3 is 1.88 bits per heavy atom. The number of benzene rings is 4. The maximum atomic E-state index is 14.5. The minimum Gasteiger partial charge on any atom is -0.206 e. The van der Waals surface area contributed by atoms with Crippen molar-refractivity contribution in [2.75, 3.05) is 0 Å². The molecule has 2 heterocycles. The molecule has 4 aromatic carbocycles. The Hall–Kier alpha value is -3.97. The van der Waals surface area contributed by atoms with Crippen LogP contribution in [0.1, 0.15) is 0 Å². The number of H-pyrrole nitrogens is 1. The van der Waals surface area contributed by atoms with Gasteiger partial charge in [0.15, 0.2) is 0 Å². The Morgan fingerprint density at radius 1 is 0.656 bits per heavy atom. The van der Waals surface area contributed by atoms with Gasteiger partial charge in [0.05, 0.1) is 4.88 Å². The number of halogens is 2. The molecule has 0 amide bonds. The highest BCUT2D eigenvalue weighted by Crippen LogP contribution is 2.46. The molecule has 6 rings (SSSR count). The van der Waals surface area contributed by atoms with E-state index in [1.807, 2.05) is 42.5 Å². The second-order valence-electron chi connectivity index (χ2n) is 7.37. The minimum atomic E-state index is -0.272. The fourth-order valence-electron chi connectivity index (χ4n) is 4.13. The molecule has 154 valence electrons. The van der Waals surface area contributed by atoms with E-state index in [4.69, 9.17) is 0 Å². The summed E-state index contributed by atoms with van der Waals surface area (Å²) >= 11 is 1.50. The van der Waals surface area contributed by atoms with Crippen LogP contribution in [0.2, 0.25) is 0 Å². The highest BCUT2D eigenvalue weighted by molar-refractivity contribution is 7.19. The van der Waals surface area contributed by atoms with Crippen molar-refractivity contribution in [2.24, 2.45) is 0 Å². The topological polar surface area (TPSA) is 54.5 Å². The van der Waals surface area contributed by atoms with Crippen molar-refractivity contribution in [3.8, 4) is 32.3 Å². The summed E-state index contributed by atoms with van der Waals surface area (Å²) in [5, 5.41) is 17.1. The van der Waals surface area contributed by atoms with Crippen LogP contribution in [0.15, 0.2) is 78.9 Å². The van der Waals surface area contributed by atoms with Crippen molar-refractivity contribution in [1.29, 1.82) is 0 Å². The summed E-state index contributed by atoms with van der Waals surface area (Å²) in [5.41, 5.74) is 2.68. The number of thiophene rings is 1. The van der Waals surface area contributed by atoms with Gasteiger partial charge in [-0.2, -0.15) is 5.21 Å². The third-order valence-electron chi connectivity index (χ3n) is 5.57. The van der Waals surface area contributed by atoms with E-state index in [1.54, 1.807) is 24.3 Å². The van der Waals surface area contributed by atoms with Crippen LogP contribution in [-0.4, -0.2) is 20.6 Å². The molecule has 0 saturated heterocycles. The summed E-state index contributed by atoms with van der Waals surface area (Å²) in [7, 11) is 0. The number of nitrogens with one attached hydrogen (secondary N) is 1. The molecule has 0 unspecified atom stereocenters. The quantitative estimate of drug-likeness (QED) is 0.328. The summed E-state index contributed by atoms with van der Waals surface area (Å²) in [5.74, 6) is -0.0693. The van der Waals surface area contributed by atoms with E-state index in [2.05, 4.69) is 20.6 Å². The molecule has 2 aromatic heterocycles. The molecular weight excluding hydrogens is 426 g/mol. The van der Waals surface area contributed by atoms with E-state index < -0.39 is 0 Å². The van der Waals surface area contributed by atoms with E-state index in [1.165, 1.54) is 23.5 Å². The van der Waals surface area contributed by atoms with Crippen molar-refractivity contribution < 1.29 is 8.78 Å². The van der Waals surface area contributed by atoms with Gasteiger partial charge < -0.3 is 0 Å². The maximum absolute atomic E-state index is 14.5. The molecule has 7 heteroatoms. The van der Waals surface area contributed by atoms with Crippen LogP contribution in [0.4, 0.5) is 8.78 Å². The first-order valence-electron chi connectivity index (χ1n) is 9.93. The first kappa shape index (κ1) is 18.8. The summed E-state index contributed by atoms with van der Waals surface area (Å²) in [6.07, 6.45) is 0. The average Bonchev–Trinajstić information content (AvgIpc) is 3.51. The van der Waals surface area contributed by atoms with Gasteiger partial charge in [0.2, 0.25) is 5.82 Å². The summed E-state index contributed by atoms with van der Waals surface area (Å²) in [6, 6.07) is 23.3. The minimum absolute atomic E-state index is 0.270. The third-order valence-corrected chi connectivity index (χ3v) is 6.74. The van der Waals surface area contributed by atoms with Gasteiger partial charge in [0, 0.05) is 26.8 Å². The normalized spacial score (nSPS) is 11.4. The van der Waals surface area contributed by atoms with Crippen LogP contribution in [0.25, 0.3) is 53.8 Å². The van der Waals surface area contributed by atoms with Gasteiger partial charge in [-0.25, -0.2) is 8.78 Å². The highest BCUT2D eigenvalue weighted by Gasteiger charge is 2.20. The molecule has 0 atom stereocenters. The van der Waals surface area contributed by atoms with Crippen LogP contribution in [0, 0.1) is 11.6 Å². The third kappa shape index (κ3) is 2.90. The number of tetrazole rings is 1. The monoisotopic (exact) mass is 440 g/mol. The number of rotatable bonds is 3. The Morgan fingerprint density at radius 2 is 1.25 bits per heavy atom. The highest BCUT2D eigenvalue weighted by atomic mass is 32.1. The lowest BCUT2D eigenvalue weighted by molar-refractivity contribution is 0.639. The number of hydrogen-bond acceptors (Lipinski definition) is 4. The molecule has 1 N–H and O–H groups in total. The molecule has 0 saturated carbocycles. The Bertz CT molecular complexity index is 1500. The Labute approximate surface area is 185 Å². The Kier molecular flexibility index (Phi) is 4.29. The molecular formula is C25H14F2N4S. The summed E-state index contributed by atoms with van der Waals surface area (Å²) < 4.78 is 29.0. The summed E-state index contributed by atoms with van der Waals surface area (Å²) in [4.78, 5) is 1.74. The molecule has 0 spiro atoms. The molecule has 0 aliphatic carbocycles. The number of fused-ring (bicyclic) bond motifs is 2. The molecule has 4 nitrogen and oxygen atoms in total. The second-order valence-corrected chi connectivity index (χ2v) is 8.42. The van der Waals surface area contributed by atoms with Crippen molar-refractivity contribution in [2.45, 2.75) is 0 Å². The molecule has 6 aromatic rings. The number of hydrogen-bond donors (Lipinski definition) is 1. The van der Waals surface area contributed by atoms with Gasteiger partial charge in [-0.3, -0.25) is 0 Å². The van der Waals surface area contributed by atoms with E-state index in [0.717, 1.165) is 37.2 Å². The molecule has 32 heavy (non-hydrogen) atoms. The molecule has 0 aliphatic rings. The lowest BCUT2D eigenvalue weighted by atomic mass is 9.94. The van der Waals surface area contributed by atoms with E-state index >= 15 is 0 Å². The zero-order valence-electron chi connectivity index (χ0n) is 16.5. The van der Waals surface area contributed by atoms with Gasteiger partial charge in [0.1, 0.15) is 11.6 Å². The predicted octanol–water partition coefficient (Wildman–Crippen LogP) is 6.85. The SMILES string of the molecule is Fc1ccc(-c2cc(-c3nn[nH]n3)sc2-c2ccc(F)c3ccccc23)c2ccccc12. The van der Waals surface area contributed by atoms with E-state index in [-0.39, 0.29) is 11.6 Å². The smallest absolute Gasteiger partial charge is 0.206 e. The van der Waals surface area contributed by atoms with Crippen molar-refractivity contribution in [3.05, 3.63) is 90.5 Å². The van der Waals surface area contributed by atoms with Gasteiger partial charge in [-0.15, -0.1) is 21.5 Å². The first-order chi connectivity index (χ1) is 15.7. The van der Waals surface area contributed by atoms with Crippen LogP contribution in [0.5, 0.6) is 0 Å². The van der Waals surface area contributed by atoms with Crippen LogP contribution in [0.3, 0.4) is 0 Å². The van der Waals surface area contributed by atoms with Gasteiger partial charge >= 0.3 is 0 Å². The second kappa shape index (κ2) is 7.32. The summed E-state index contributed by atoms with van der Waals surface area (Å²) in [6.45, 7) is 0. The lowest BCUT2D eigenvalue weighted by Crippen LogP contribution is -1.87. The number of aromatic amines is 1. The van der Waals surface area contributed by atoms with Crippen molar-refractivity contribution in [1.82, 2.24) is 20.6 Å². The van der Waals surface area contributed by atoms with E-state index in [9.17, 15) is 8.78 Å². The standard InChI is InChI=1S/C25H14F2N4S/c26-21-11-9-16(14-5-1-3-7-17(14)21)20-13-23(25-28-30-31-29-25)32-24(20)19-10-12-22(27)18-8-4-2-6-15(18)19/h1-13H,(H,28,29,30,31). The fourth-order valence-corrected chi connectivity index (χ4v) is 5.27. The van der Waals surface area contributed by atoms with Crippen LogP contribution in [-0.2, 0) is 0 Å². The zero-order valence-corrected chi connectivity index (χ0v) is 17.3. The maximum Gasteiger partial charge on any atom is 0.214 e. The van der Waals surface area contributed by atoms with Crippen LogP contribution < -0.4 is 0 Å². The molecule has 0 aliphatic heterocycles. The predicted molar refractivity (Wildman–Crippen MR) is 123 cm³/mol. The first-order valence-corrected chi connectivity index (χ1v) is 10.8. The van der Waals surface area contributed by atoms with Gasteiger partial charge in [-0.05, 0) is 45.8 Å². The Balaban J connectivity index is 1.70. The number of aromatic nitrogens is 4. The van der Waals surface area contributed by atoms with Crippen LogP contribution >= 0.6 is 11.3 Å². The molecule has 0 radical (unpaired) electrons. The lowest BCUT2D eigenvalue weighted by Gasteiger charge is -2.11.